The Morgan fingerprint density at radius 3 is 2.65 bits per heavy atom. The minimum atomic E-state index is -0.956. The number of benzene rings is 2. The van der Waals surface area contributed by atoms with Crippen LogP contribution in [0.4, 0.5) is 5.69 Å². The Labute approximate surface area is 179 Å². The smallest absolute Gasteiger partial charge is 0.311 e. The normalized spacial score (nSPS) is 13.0. The number of amides is 1. The largest absolute Gasteiger partial charge is 0.454 e. The van der Waals surface area contributed by atoms with E-state index in [2.05, 4.69) is 10.4 Å². The van der Waals surface area contributed by atoms with E-state index in [1.54, 1.807) is 22.9 Å². The first-order valence-corrected chi connectivity index (χ1v) is 9.93. The average Bonchev–Trinajstić information content (AvgIpc) is 3.33. The molecule has 0 saturated carbocycles. The second-order valence-electron chi connectivity index (χ2n) is 7.26. The zero-order valence-corrected chi connectivity index (χ0v) is 17.5. The quantitative estimate of drug-likeness (QED) is 0.614. The molecule has 0 aliphatic carbocycles. The summed E-state index contributed by atoms with van der Waals surface area (Å²) < 4.78 is 17.7. The molecule has 160 valence electrons. The average molecular weight is 421 g/mol. The van der Waals surface area contributed by atoms with Crippen LogP contribution in [0.5, 0.6) is 11.5 Å². The van der Waals surface area contributed by atoms with Crippen LogP contribution in [-0.2, 0) is 20.7 Å². The predicted molar refractivity (Wildman–Crippen MR) is 113 cm³/mol. The summed E-state index contributed by atoms with van der Waals surface area (Å²) in [5, 5.41) is 7.26. The lowest BCUT2D eigenvalue weighted by Gasteiger charge is -2.14. The molecule has 0 unspecified atom stereocenters. The molecular weight excluding hydrogens is 398 g/mol. The third kappa shape index (κ3) is 4.37. The van der Waals surface area contributed by atoms with Crippen molar-refractivity contribution in [2.24, 2.45) is 0 Å². The number of anilines is 1. The van der Waals surface area contributed by atoms with E-state index in [1.165, 1.54) is 6.92 Å². The van der Waals surface area contributed by atoms with Crippen molar-refractivity contribution >= 4 is 17.6 Å². The van der Waals surface area contributed by atoms with Crippen molar-refractivity contribution < 1.29 is 23.8 Å². The molecule has 3 aromatic rings. The fraction of sp³-hybridized carbons (Fsp3) is 0.261. The van der Waals surface area contributed by atoms with Gasteiger partial charge in [-0.2, -0.15) is 5.10 Å². The van der Waals surface area contributed by atoms with E-state index in [0.717, 1.165) is 22.6 Å². The molecule has 1 aliphatic rings. The van der Waals surface area contributed by atoms with Crippen LogP contribution >= 0.6 is 0 Å². The number of para-hydroxylation sites is 1. The summed E-state index contributed by atoms with van der Waals surface area (Å²) >= 11 is 0. The molecule has 1 N–H and O–H groups in total. The standard InChI is InChI=1S/C23H23N3O5/c1-14-19(15(2)26(25-14)18-7-5-4-6-8-18)12-22(27)31-16(3)23(28)24-17-9-10-20-21(11-17)30-13-29-20/h4-11,16H,12-13H2,1-3H3,(H,24,28)/t16-/m1/s1. The monoisotopic (exact) mass is 421 g/mol. The number of nitrogens with one attached hydrogen (secondary N) is 1. The van der Waals surface area contributed by atoms with Crippen molar-refractivity contribution in [1.82, 2.24) is 9.78 Å². The van der Waals surface area contributed by atoms with Crippen molar-refractivity contribution in [3.05, 3.63) is 65.5 Å². The fourth-order valence-electron chi connectivity index (χ4n) is 3.41. The van der Waals surface area contributed by atoms with Gasteiger partial charge in [0.05, 0.1) is 17.8 Å². The molecule has 1 aromatic heterocycles. The molecule has 1 atom stereocenters. The molecular formula is C23H23N3O5. The number of carbonyl (C=O) groups is 2. The van der Waals surface area contributed by atoms with E-state index in [4.69, 9.17) is 14.2 Å². The predicted octanol–water partition coefficient (Wildman–Crippen LogP) is 3.33. The minimum absolute atomic E-state index is 0.0339. The maximum Gasteiger partial charge on any atom is 0.311 e. The Morgan fingerprint density at radius 1 is 1.13 bits per heavy atom. The van der Waals surface area contributed by atoms with Gasteiger partial charge in [-0.25, -0.2) is 4.68 Å². The van der Waals surface area contributed by atoms with E-state index < -0.39 is 18.0 Å². The Hall–Kier alpha value is -3.81. The lowest BCUT2D eigenvalue weighted by molar-refractivity contribution is -0.152. The van der Waals surface area contributed by atoms with Crippen LogP contribution in [0.15, 0.2) is 48.5 Å². The number of aromatic nitrogens is 2. The zero-order valence-electron chi connectivity index (χ0n) is 17.5. The number of aryl methyl sites for hydroxylation is 1. The Balaban J connectivity index is 1.38. The van der Waals surface area contributed by atoms with Crippen LogP contribution in [-0.4, -0.2) is 34.6 Å². The third-order valence-electron chi connectivity index (χ3n) is 5.08. The summed E-state index contributed by atoms with van der Waals surface area (Å²) in [6.45, 7) is 5.45. The Morgan fingerprint density at radius 2 is 1.87 bits per heavy atom. The highest BCUT2D eigenvalue weighted by Crippen LogP contribution is 2.34. The molecule has 0 fully saturated rings. The highest BCUT2D eigenvalue weighted by Gasteiger charge is 2.22. The van der Waals surface area contributed by atoms with Crippen LogP contribution in [0, 0.1) is 13.8 Å². The van der Waals surface area contributed by atoms with Crippen molar-refractivity contribution in [3.63, 3.8) is 0 Å². The molecule has 2 aromatic carbocycles. The van der Waals surface area contributed by atoms with E-state index >= 15 is 0 Å². The first-order valence-electron chi connectivity index (χ1n) is 9.93. The third-order valence-corrected chi connectivity index (χ3v) is 5.08. The molecule has 0 saturated heterocycles. The molecule has 2 heterocycles. The molecule has 0 bridgehead atoms. The van der Waals surface area contributed by atoms with Gasteiger partial charge in [-0.15, -0.1) is 0 Å². The van der Waals surface area contributed by atoms with Gasteiger partial charge in [-0.05, 0) is 45.0 Å². The second kappa shape index (κ2) is 8.51. The maximum atomic E-state index is 12.5. The first kappa shape index (κ1) is 20.5. The number of fused-ring (bicyclic) bond motifs is 1. The van der Waals surface area contributed by atoms with Crippen molar-refractivity contribution in [2.45, 2.75) is 33.3 Å². The summed E-state index contributed by atoms with van der Waals surface area (Å²) in [4.78, 5) is 25.0. The van der Waals surface area contributed by atoms with E-state index in [1.807, 2.05) is 44.2 Å². The van der Waals surface area contributed by atoms with E-state index in [9.17, 15) is 9.59 Å². The molecule has 1 amide bonds. The molecule has 0 radical (unpaired) electrons. The van der Waals surface area contributed by atoms with E-state index in [-0.39, 0.29) is 13.2 Å². The number of nitrogens with zero attached hydrogens (tertiary/aromatic N) is 2. The molecule has 4 rings (SSSR count). The highest BCUT2D eigenvalue weighted by atomic mass is 16.7. The number of esters is 1. The molecule has 8 nitrogen and oxygen atoms in total. The van der Waals surface area contributed by atoms with Crippen LogP contribution in [0.25, 0.3) is 5.69 Å². The number of ether oxygens (including phenoxy) is 3. The lowest BCUT2D eigenvalue weighted by Crippen LogP contribution is -2.30. The van der Waals surface area contributed by atoms with Gasteiger partial charge < -0.3 is 19.5 Å². The SMILES string of the molecule is Cc1nn(-c2ccccc2)c(C)c1CC(=O)O[C@H](C)C(=O)Nc1ccc2c(c1)OCO2. The molecule has 31 heavy (non-hydrogen) atoms. The van der Waals surface area contributed by atoms with Gasteiger partial charge in [0.25, 0.3) is 5.91 Å². The summed E-state index contributed by atoms with van der Waals surface area (Å²) in [6, 6.07) is 14.8. The first-order chi connectivity index (χ1) is 14.9. The highest BCUT2D eigenvalue weighted by molar-refractivity contribution is 5.95. The number of rotatable bonds is 6. The van der Waals surface area contributed by atoms with Crippen molar-refractivity contribution in [1.29, 1.82) is 0 Å². The molecule has 8 heteroatoms. The Kier molecular flexibility index (Phi) is 5.62. The van der Waals surface area contributed by atoms with Gasteiger partial charge in [0, 0.05) is 23.0 Å². The number of hydrogen-bond acceptors (Lipinski definition) is 6. The summed E-state index contributed by atoms with van der Waals surface area (Å²) in [5.74, 6) is 0.260. The number of hydrogen-bond donors (Lipinski definition) is 1. The van der Waals surface area contributed by atoms with Gasteiger partial charge in [0.2, 0.25) is 6.79 Å². The van der Waals surface area contributed by atoms with Gasteiger partial charge in [-0.3, -0.25) is 9.59 Å². The Bertz CT molecular complexity index is 1120. The number of carbonyl (C=O) groups excluding carboxylic acids is 2. The van der Waals surface area contributed by atoms with Crippen LogP contribution in [0.3, 0.4) is 0 Å². The van der Waals surface area contributed by atoms with Crippen molar-refractivity contribution in [2.75, 3.05) is 12.1 Å². The summed E-state index contributed by atoms with van der Waals surface area (Å²) in [5.41, 5.74) is 3.85. The lowest BCUT2D eigenvalue weighted by atomic mass is 10.1. The van der Waals surface area contributed by atoms with Crippen LogP contribution < -0.4 is 14.8 Å². The van der Waals surface area contributed by atoms with Crippen LogP contribution in [0.2, 0.25) is 0 Å². The van der Waals surface area contributed by atoms with Gasteiger partial charge >= 0.3 is 5.97 Å². The topological polar surface area (TPSA) is 91.7 Å². The van der Waals surface area contributed by atoms with Crippen molar-refractivity contribution in [3.8, 4) is 17.2 Å². The molecule has 1 aliphatic heterocycles. The van der Waals surface area contributed by atoms with Crippen LogP contribution in [0.1, 0.15) is 23.9 Å². The fourth-order valence-corrected chi connectivity index (χ4v) is 3.41. The van der Waals surface area contributed by atoms with E-state index in [0.29, 0.717) is 17.2 Å². The summed E-state index contributed by atoms with van der Waals surface area (Å²) in [7, 11) is 0. The second-order valence-corrected chi connectivity index (χ2v) is 7.26. The van der Waals surface area contributed by atoms with Gasteiger partial charge in [0.1, 0.15) is 0 Å². The molecule has 0 spiro atoms. The van der Waals surface area contributed by atoms with Gasteiger partial charge in [0.15, 0.2) is 17.6 Å². The van der Waals surface area contributed by atoms with Gasteiger partial charge in [-0.1, -0.05) is 18.2 Å². The maximum absolute atomic E-state index is 12.5. The summed E-state index contributed by atoms with van der Waals surface area (Å²) in [6.07, 6.45) is -0.922. The minimum Gasteiger partial charge on any atom is -0.454 e. The zero-order chi connectivity index (χ0) is 22.0.